The van der Waals surface area contributed by atoms with Crippen LogP contribution < -0.4 is 0 Å². The predicted molar refractivity (Wildman–Crippen MR) is 36.7 cm³/mol. The van der Waals surface area contributed by atoms with Crippen LogP contribution in [0.5, 0.6) is 0 Å². The van der Waals surface area contributed by atoms with Crippen molar-refractivity contribution in [3.8, 4) is 0 Å². The third kappa shape index (κ3) is 0.788. The van der Waals surface area contributed by atoms with Crippen LogP contribution in [0.3, 0.4) is 0 Å². The van der Waals surface area contributed by atoms with Crippen LogP contribution in [0.1, 0.15) is 19.8 Å². The van der Waals surface area contributed by atoms with Gasteiger partial charge in [-0.25, -0.2) is 0 Å². The molecule has 0 aromatic carbocycles. The molecule has 1 aliphatic carbocycles. The third-order valence-electron chi connectivity index (χ3n) is 2.57. The summed E-state index contributed by atoms with van der Waals surface area (Å²) >= 11 is 0. The second-order valence-electron chi connectivity index (χ2n) is 3.87. The highest BCUT2D eigenvalue weighted by Crippen LogP contribution is 2.42. The van der Waals surface area contributed by atoms with Crippen LogP contribution in [0.2, 0.25) is 0 Å². The SMILES string of the molecule is CC12COCC(C1)C(=O)C2. The molecule has 0 amide bonds. The van der Waals surface area contributed by atoms with E-state index >= 15 is 0 Å². The van der Waals surface area contributed by atoms with Gasteiger partial charge in [0.25, 0.3) is 0 Å². The molecule has 2 atom stereocenters. The lowest BCUT2D eigenvalue weighted by atomic mass is 9.87. The molecule has 2 bridgehead atoms. The lowest BCUT2D eigenvalue weighted by Crippen LogP contribution is -2.26. The molecule has 0 aromatic heterocycles. The Kier molecular flexibility index (Phi) is 1.15. The molecule has 0 aromatic rings. The fraction of sp³-hybridized carbons (Fsp3) is 0.875. The molecule has 10 heavy (non-hydrogen) atoms. The third-order valence-corrected chi connectivity index (χ3v) is 2.57. The number of fused-ring (bicyclic) bond motifs is 2. The average Bonchev–Trinajstić information content (AvgIpc) is 2.03. The molecular formula is C8H12O2. The van der Waals surface area contributed by atoms with Crippen molar-refractivity contribution in [2.45, 2.75) is 19.8 Å². The van der Waals surface area contributed by atoms with Crippen LogP contribution in [0, 0.1) is 11.3 Å². The van der Waals surface area contributed by atoms with Gasteiger partial charge in [0.1, 0.15) is 5.78 Å². The second kappa shape index (κ2) is 1.82. The van der Waals surface area contributed by atoms with Crippen LogP contribution in [0.4, 0.5) is 0 Å². The van der Waals surface area contributed by atoms with Gasteiger partial charge in [-0.1, -0.05) is 6.92 Å². The average molecular weight is 140 g/mol. The van der Waals surface area contributed by atoms with Gasteiger partial charge in [0.15, 0.2) is 0 Å². The summed E-state index contributed by atoms with van der Waals surface area (Å²) in [7, 11) is 0. The minimum Gasteiger partial charge on any atom is -0.380 e. The minimum absolute atomic E-state index is 0.194. The van der Waals surface area contributed by atoms with Crippen molar-refractivity contribution >= 4 is 5.78 Å². The van der Waals surface area contributed by atoms with E-state index in [4.69, 9.17) is 4.74 Å². The summed E-state index contributed by atoms with van der Waals surface area (Å²) in [5, 5.41) is 0. The Balaban J connectivity index is 2.23. The summed E-state index contributed by atoms with van der Waals surface area (Å²) in [6.45, 7) is 3.60. The molecule has 2 fully saturated rings. The Hall–Kier alpha value is -0.370. The monoisotopic (exact) mass is 140 g/mol. The van der Waals surface area contributed by atoms with E-state index in [2.05, 4.69) is 6.92 Å². The van der Waals surface area contributed by atoms with Crippen molar-refractivity contribution in [3.63, 3.8) is 0 Å². The number of hydrogen-bond donors (Lipinski definition) is 0. The summed E-state index contributed by atoms with van der Waals surface area (Å²) in [6, 6.07) is 0. The summed E-state index contributed by atoms with van der Waals surface area (Å²) in [4.78, 5) is 11.2. The summed E-state index contributed by atoms with van der Waals surface area (Å²) < 4.78 is 5.31. The Morgan fingerprint density at radius 2 is 2.50 bits per heavy atom. The van der Waals surface area contributed by atoms with Crippen molar-refractivity contribution in [1.82, 2.24) is 0 Å². The summed E-state index contributed by atoms with van der Waals surface area (Å²) in [5.41, 5.74) is 0.194. The van der Waals surface area contributed by atoms with E-state index in [1.807, 2.05) is 0 Å². The van der Waals surface area contributed by atoms with E-state index in [9.17, 15) is 4.79 Å². The van der Waals surface area contributed by atoms with Crippen molar-refractivity contribution in [2.75, 3.05) is 13.2 Å². The predicted octanol–water partition coefficient (Wildman–Crippen LogP) is 1.00. The van der Waals surface area contributed by atoms with Crippen LogP contribution in [0.25, 0.3) is 0 Å². The van der Waals surface area contributed by atoms with E-state index in [-0.39, 0.29) is 11.3 Å². The number of Topliss-reactive ketones (excluding diaryl/α,β-unsaturated/α-hetero) is 1. The molecule has 0 spiro atoms. The highest BCUT2D eigenvalue weighted by molar-refractivity contribution is 5.84. The van der Waals surface area contributed by atoms with Crippen LogP contribution >= 0.6 is 0 Å². The Morgan fingerprint density at radius 3 is 3.10 bits per heavy atom. The zero-order valence-corrected chi connectivity index (χ0v) is 6.22. The number of carbonyl (C=O) groups excluding carboxylic acids is 1. The lowest BCUT2D eigenvalue weighted by Gasteiger charge is -2.27. The van der Waals surface area contributed by atoms with Gasteiger partial charge in [0.05, 0.1) is 13.2 Å². The Labute approximate surface area is 60.6 Å². The van der Waals surface area contributed by atoms with Gasteiger partial charge < -0.3 is 4.74 Å². The van der Waals surface area contributed by atoms with E-state index in [1.54, 1.807) is 0 Å². The maximum Gasteiger partial charge on any atom is 0.138 e. The Morgan fingerprint density at radius 1 is 1.70 bits per heavy atom. The molecule has 0 radical (unpaired) electrons. The fourth-order valence-electron chi connectivity index (χ4n) is 2.06. The molecule has 56 valence electrons. The van der Waals surface area contributed by atoms with E-state index in [0.717, 1.165) is 19.4 Å². The van der Waals surface area contributed by atoms with Gasteiger partial charge in [-0.3, -0.25) is 4.79 Å². The van der Waals surface area contributed by atoms with Gasteiger partial charge in [-0.15, -0.1) is 0 Å². The number of carbonyl (C=O) groups is 1. The molecule has 1 heterocycles. The summed E-state index contributed by atoms with van der Waals surface area (Å²) in [5.74, 6) is 0.652. The first-order valence-electron chi connectivity index (χ1n) is 3.80. The smallest absolute Gasteiger partial charge is 0.138 e. The second-order valence-corrected chi connectivity index (χ2v) is 3.87. The maximum absolute atomic E-state index is 11.2. The lowest BCUT2D eigenvalue weighted by molar-refractivity contribution is -0.121. The zero-order valence-electron chi connectivity index (χ0n) is 6.22. The molecule has 1 aliphatic heterocycles. The fourth-order valence-corrected chi connectivity index (χ4v) is 2.06. The van der Waals surface area contributed by atoms with Gasteiger partial charge in [-0.2, -0.15) is 0 Å². The molecule has 0 N–H and O–H groups in total. The molecule has 1 saturated heterocycles. The largest absolute Gasteiger partial charge is 0.380 e. The van der Waals surface area contributed by atoms with E-state index < -0.39 is 0 Å². The topological polar surface area (TPSA) is 26.3 Å². The number of hydrogen-bond acceptors (Lipinski definition) is 2. The maximum atomic E-state index is 11.2. The molecule has 2 heteroatoms. The first kappa shape index (κ1) is 6.35. The van der Waals surface area contributed by atoms with Gasteiger partial charge >= 0.3 is 0 Å². The molecule has 1 saturated carbocycles. The molecule has 2 aliphatic rings. The van der Waals surface area contributed by atoms with Crippen LogP contribution in [-0.4, -0.2) is 19.0 Å². The van der Waals surface area contributed by atoms with Crippen molar-refractivity contribution < 1.29 is 9.53 Å². The van der Waals surface area contributed by atoms with Crippen molar-refractivity contribution in [2.24, 2.45) is 11.3 Å². The highest BCUT2D eigenvalue weighted by atomic mass is 16.5. The standard InChI is InChI=1S/C8H12O2/c1-8-2-6(4-10-5-8)7(9)3-8/h6H,2-5H2,1H3. The van der Waals surface area contributed by atoms with Crippen molar-refractivity contribution in [1.29, 1.82) is 0 Å². The first-order chi connectivity index (χ1) is 4.70. The quantitative estimate of drug-likeness (QED) is 0.501. The van der Waals surface area contributed by atoms with Gasteiger partial charge in [-0.05, 0) is 11.8 Å². The number of rotatable bonds is 0. The van der Waals surface area contributed by atoms with Crippen LogP contribution in [0.15, 0.2) is 0 Å². The number of ketones is 1. The molecule has 2 unspecified atom stereocenters. The Bertz CT molecular complexity index is 176. The van der Waals surface area contributed by atoms with Crippen molar-refractivity contribution in [3.05, 3.63) is 0 Å². The normalized spacial score (nSPS) is 46.1. The molecular weight excluding hydrogens is 128 g/mol. The molecule has 2 nitrogen and oxygen atoms in total. The zero-order chi connectivity index (χ0) is 7.19. The highest BCUT2D eigenvalue weighted by Gasteiger charge is 2.44. The van der Waals surface area contributed by atoms with Crippen LogP contribution in [-0.2, 0) is 9.53 Å². The molecule has 2 rings (SSSR count). The minimum atomic E-state index is 0.194. The van der Waals surface area contributed by atoms with E-state index in [0.29, 0.717) is 12.4 Å². The van der Waals surface area contributed by atoms with Gasteiger partial charge in [0.2, 0.25) is 0 Å². The van der Waals surface area contributed by atoms with Gasteiger partial charge in [0, 0.05) is 12.3 Å². The van der Waals surface area contributed by atoms with E-state index in [1.165, 1.54) is 0 Å². The summed E-state index contributed by atoms with van der Waals surface area (Å²) in [6.07, 6.45) is 1.81. The number of ether oxygens (including phenoxy) is 1. The first-order valence-corrected chi connectivity index (χ1v) is 3.80.